The van der Waals surface area contributed by atoms with E-state index < -0.39 is 6.10 Å². The van der Waals surface area contributed by atoms with Crippen molar-refractivity contribution in [1.82, 2.24) is 4.90 Å². The molecule has 2 amide bonds. The Hall–Kier alpha value is -1.57. The van der Waals surface area contributed by atoms with Crippen molar-refractivity contribution in [3.05, 3.63) is 23.8 Å². The van der Waals surface area contributed by atoms with E-state index in [-0.39, 0.29) is 25.0 Å². The lowest BCUT2D eigenvalue weighted by atomic mass is 10.1. The molecular formula is C14H18N2O4S. The van der Waals surface area contributed by atoms with Crippen molar-refractivity contribution in [2.24, 2.45) is 0 Å². The van der Waals surface area contributed by atoms with Crippen molar-refractivity contribution in [3.8, 4) is 0 Å². The highest BCUT2D eigenvalue weighted by molar-refractivity contribution is 8.00. The first-order valence-electron chi connectivity index (χ1n) is 6.50. The van der Waals surface area contributed by atoms with Crippen LogP contribution in [0.1, 0.15) is 10.4 Å². The summed E-state index contributed by atoms with van der Waals surface area (Å²) < 4.78 is 4.84. The molecule has 0 saturated carbocycles. The van der Waals surface area contributed by atoms with Gasteiger partial charge >= 0.3 is 0 Å². The third-order valence-corrected chi connectivity index (χ3v) is 4.12. The number of aliphatic hydroxyl groups is 1. The lowest BCUT2D eigenvalue weighted by Gasteiger charge is -2.22. The molecule has 1 aliphatic heterocycles. The van der Waals surface area contributed by atoms with Gasteiger partial charge in [-0.1, -0.05) is 0 Å². The number of benzene rings is 1. The van der Waals surface area contributed by atoms with Crippen molar-refractivity contribution in [1.29, 1.82) is 0 Å². The first-order valence-corrected chi connectivity index (χ1v) is 7.49. The Balaban J connectivity index is 2.09. The summed E-state index contributed by atoms with van der Waals surface area (Å²) in [5.74, 6) is 0.113. The molecule has 1 unspecified atom stereocenters. The van der Waals surface area contributed by atoms with Gasteiger partial charge in [0.15, 0.2) is 0 Å². The standard InChI is InChI=1S/C14H18N2O4S/c1-16(6-10(17)7-20-2)14(19)9-3-4-12-11(5-9)15-13(18)8-21-12/h3-5,10,17H,6-8H2,1-2H3,(H,15,18). The third kappa shape index (κ3) is 3.96. The summed E-state index contributed by atoms with van der Waals surface area (Å²) >= 11 is 1.45. The van der Waals surface area contributed by atoms with Crippen LogP contribution in [0.3, 0.4) is 0 Å². The number of fused-ring (bicyclic) bond motifs is 1. The number of nitrogens with zero attached hydrogens (tertiary/aromatic N) is 1. The number of likely N-dealkylation sites (N-methyl/N-ethyl adjacent to an activating group) is 1. The van der Waals surface area contributed by atoms with Crippen molar-refractivity contribution in [2.75, 3.05) is 38.4 Å². The topological polar surface area (TPSA) is 78.9 Å². The zero-order valence-corrected chi connectivity index (χ0v) is 12.8. The van der Waals surface area contributed by atoms with Gasteiger partial charge in [-0.05, 0) is 18.2 Å². The zero-order valence-electron chi connectivity index (χ0n) is 12.0. The van der Waals surface area contributed by atoms with Gasteiger partial charge in [-0.15, -0.1) is 11.8 Å². The predicted octanol–water partition coefficient (Wildman–Crippen LogP) is 0.810. The maximum absolute atomic E-state index is 12.3. The van der Waals surface area contributed by atoms with Gasteiger partial charge in [0.25, 0.3) is 5.91 Å². The van der Waals surface area contributed by atoms with Crippen LogP contribution in [0.2, 0.25) is 0 Å². The van der Waals surface area contributed by atoms with Crippen molar-refractivity contribution in [2.45, 2.75) is 11.0 Å². The number of anilines is 1. The molecular weight excluding hydrogens is 292 g/mol. The lowest BCUT2D eigenvalue weighted by molar-refractivity contribution is -0.113. The minimum Gasteiger partial charge on any atom is -0.389 e. The zero-order chi connectivity index (χ0) is 15.4. The van der Waals surface area contributed by atoms with Gasteiger partial charge in [0.1, 0.15) is 0 Å². The number of hydrogen-bond acceptors (Lipinski definition) is 5. The van der Waals surface area contributed by atoms with Gasteiger partial charge in [-0.3, -0.25) is 9.59 Å². The number of nitrogens with one attached hydrogen (secondary N) is 1. The van der Waals surface area contributed by atoms with E-state index >= 15 is 0 Å². The molecule has 1 heterocycles. The van der Waals surface area contributed by atoms with E-state index in [9.17, 15) is 14.7 Å². The molecule has 7 heteroatoms. The van der Waals surface area contributed by atoms with Crippen LogP contribution in [0.25, 0.3) is 0 Å². The highest BCUT2D eigenvalue weighted by Gasteiger charge is 2.20. The van der Waals surface area contributed by atoms with Gasteiger partial charge in [-0.25, -0.2) is 0 Å². The quantitative estimate of drug-likeness (QED) is 0.841. The van der Waals surface area contributed by atoms with Crippen LogP contribution >= 0.6 is 11.8 Å². The number of hydrogen-bond donors (Lipinski definition) is 2. The van der Waals surface area contributed by atoms with Crippen LogP contribution < -0.4 is 5.32 Å². The summed E-state index contributed by atoms with van der Waals surface area (Å²) in [6, 6.07) is 5.22. The predicted molar refractivity (Wildman–Crippen MR) is 80.6 cm³/mol. The van der Waals surface area contributed by atoms with Gasteiger partial charge in [0.05, 0.1) is 24.2 Å². The molecule has 0 spiro atoms. The van der Waals surface area contributed by atoms with Crippen molar-refractivity contribution >= 4 is 29.3 Å². The number of carbonyl (C=O) groups is 2. The van der Waals surface area contributed by atoms with Crippen LogP contribution in [0.5, 0.6) is 0 Å². The van der Waals surface area contributed by atoms with Gasteiger partial charge in [0, 0.05) is 31.2 Å². The second kappa shape index (κ2) is 6.93. The summed E-state index contributed by atoms with van der Waals surface area (Å²) in [6.45, 7) is 0.360. The molecule has 0 aliphatic carbocycles. The van der Waals surface area contributed by atoms with E-state index in [4.69, 9.17) is 4.74 Å². The Morgan fingerprint density at radius 2 is 2.33 bits per heavy atom. The van der Waals surface area contributed by atoms with E-state index in [1.807, 2.05) is 6.07 Å². The van der Waals surface area contributed by atoms with E-state index in [0.717, 1.165) is 4.90 Å². The fraction of sp³-hybridized carbons (Fsp3) is 0.429. The second-order valence-electron chi connectivity index (χ2n) is 4.84. The number of carbonyl (C=O) groups excluding carboxylic acids is 2. The average molecular weight is 310 g/mol. The maximum Gasteiger partial charge on any atom is 0.253 e. The van der Waals surface area contributed by atoms with Crippen molar-refractivity contribution in [3.63, 3.8) is 0 Å². The van der Waals surface area contributed by atoms with E-state index in [1.165, 1.54) is 23.8 Å². The summed E-state index contributed by atoms with van der Waals surface area (Å²) in [6.07, 6.45) is -0.725. The largest absolute Gasteiger partial charge is 0.389 e. The molecule has 0 aromatic heterocycles. The minimum atomic E-state index is -0.725. The molecule has 1 aromatic carbocycles. The molecule has 1 aromatic rings. The van der Waals surface area contributed by atoms with Crippen LogP contribution in [0, 0.1) is 0 Å². The molecule has 0 bridgehead atoms. The molecule has 0 radical (unpaired) electrons. The number of methoxy groups -OCH3 is 1. The third-order valence-electron chi connectivity index (χ3n) is 3.05. The molecule has 0 saturated heterocycles. The molecule has 114 valence electrons. The normalized spacial score (nSPS) is 15.1. The SMILES string of the molecule is COCC(O)CN(C)C(=O)c1ccc2c(c1)NC(=O)CS2. The molecule has 6 nitrogen and oxygen atoms in total. The highest BCUT2D eigenvalue weighted by atomic mass is 32.2. The average Bonchev–Trinajstić information content (AvgIpc) is 2.45. The Kier molecular flexibility index (Phi) is 5.22. The molecule has 21 heavy (non-hydrogen) atoms. The first kappa shape index (κ1) is 15.8. The van der Waals surface area contributed by atoms with E-state index in [2.05, 4.69) is 5.32 Å². The van der Waals surface area contributed by atoms with Crippen LogP contribution in [-0.2, 0) is 9.53 Å². The molecule has 1 aliphatic rings. The summed E-state index contributed by atoms with van der Waals surface area (Å²) in [4.78, 5) is 26.1. The molecule has 2 N–H and O–H groups in total. The Morgan fingerprint density at radius 3 is 3.05 bits per heavy atom. The van der Waals surface area contributed by atoms with Gasteiger partial charge in [0.2, 0.25) is 5.91 Å². The Labute approximate surface area is 127 Å². The number of amides is 2. The van der Waals surface area contributed by atoms with Crippen LogP contribution in [0.15, 0.2) is 23.1 Å². The Bertz CT molecular complexity index is 550. The number of ether oxygens (including phenoxy) is 1. The fourth-order valence-electron chi connectivity index (χ4n) is 2.08. The van der Waals surface area contributed by atoms with E-state index in [1.54, 1.807) is 19.2 Å². The Morgan fingerprint density at radius 1 is 1.57 bits per heavy atom. The monoisotopic (exact) mass is 310 g/mol. The van der Waals surface area contributed by atoms with E-state index in [0.29, 0.717) is 17.0 Å². The first-order chi connectivity index (χ1) is 10.0. The molecule has 2 rings (SSSR count). The summed E-state index contributed by atoms with van der Waals surface area (Å²) in [7, 11) is 3.11. The fourth-order valence-corrected chi connectivity index (χ4v) is 2.87. The van der Waals surface area contributed by atoms with Crippen LogP contribution in [-0.4, -0.2) is 61.0 Å². The molecule has 1 atom stereocenters. The summed E-state index contributed by atoms with van der Waals surface area (Å²) in [5.41, 5.74) is 1.14. The minimum absolute atomic E-state index is 0.0685. The van der Waals surface area contributed by atoms with Gasteiger partial charge < -0.3 is 20.1 Å². The second-order valence-corrected chi connectivity index (χ2v) is 5.86. The highest BCUT2D eigenvalue weighted by Crippen LogP contribution is 2.32. The van der Waals surface area contributed by atoms with Gasteiger partial charge in [-0.2, -0.15) is 0 Å². The summed E-state index contributed by atoms with van der Waals surface area (Å²) in [5, 5.41) is 12.4. The van der Waals surface area contributed by atoms with Crippen molar-refractivity contribution < 1.29 is 19.4 Å². The number of rotatable bonds is 5. The number of thioether (sulfide) groups is 1. The smallest absolute Gasteiger partial charge is 0.253 e. The maximum atomic E-state index is 12.3. The van der Waals surface area contributed by atoms with Crippen LogP contribution in [0.4, 0.5) is 5.69 Å². The number of aliphatic hydroxyl groups excluding tert-OH is 1. The molecule has 0 fully saturated rings. The lowest BCUT2D eigenvalue weighted by Crippen LogP contribution is -2.36.